The van der Waals surface area contributed by atoms with Crippen LogP contribution in [0.25, 0.3) is 0 Å². The standard InChI is InChI=1S/C15H15NO4/c1-9-14(18)12(8-13(17)15(9)20-3)16-10-4-6-11(19-2)7-5-10/h4-8,16H,1-3H3. The molecule has 0 aromatic heterocycles. The highest BCUT2D eigenvalue weighted by Crippen LogP contribution is 2.22. The Bertz CT molecular complexity index is 611. The summed E-state index contributed by atoms with van der Waals surface area (Å²) in [6, 6.07) is 7.06. The van der Waals surface area contributed by atoms with E-state index in [0.29, 0.717) is 17.0 Å². The molecule has 0 aliphatic heterocycles. The maximum atomic E-state index is 12.1. The van der Waals surface area contributed by atoms with Crippen molar-refractivity contribution in [1.29, 1.82) is 0 Å². The fourth-order valence-electron chi connectivity index (χ4n) is 1.93. The van der Waals surface area contributed by atoms with Gasteiger partial charge in [0.2, 0.25) is 11.6 Å². The van der Waals surface area contributed by atoms with Gasteiger partial charge in [-0.2, -0.15) is 0 Å². The molecule has 0 atom stereocenters. The van der Waals surface area contributed by atoms with E-state index in [9.17, 15) is 9.59 Å². The molecule has 1 aromatic rings. The van der Waals surface area contributed by atoms with Crippen LogP contribution in [0.2, 0.25) is 0 Å². The van der Waals surface area contributed by atoms with Gasteiger partial charge in [-0.3, -0.25) is 9.59 Å². The number of ketones is 2. The van der Waals surface area contributed by atoms with Gasteiger partial charge in [-0.15, -0.1) is 0 Å². The van der Waals surface area contributed by atoms with E-state index >= 15 is 0 Å². The van der Waals surface area contributed by atoms with Gasteiger partial charge in [-0.25, -0.2) is 0 Å². The van der Waals surface area contributed by atoms with E-state index in [1.165, 1.54) is 13.2 Å². The molecule has 0 heterocycles. The molecule has 0 bridgehead atoms. The Morgan fingerprint density at radius 1 is 1.00 bits per heavy atom. The van der Waals surface area contributed by atoms with E-state index in [1.807, 2.05) is 0 Å². The van der Waals surface area contributed by atoms with Crippen molar-refractivity contribution in [3.63, 3.8) is 0 Å². The number of Topliss-reactive ketones (excluding diaryl/α,β-unsaturated/α-hetero) is 1. The molecule has 0 radical (unpaired) electrons. The van der Waals surface area contributed by atoms with E-state index in [4.69, 9.17) is 9.47 Å². The monoisotopic (exact) mass is 273 g/mol. The van der Waals surface area contributed by atoms with Gasteiger partial charge >= 0.3 is 0 Å². The third kappa shape index (κ3) is 2.56. The number of hydrogen-bond acceptors (Lipinski definition) is 5. The third-order valence-corrected chi connectivity index (χ3v) is 3.00. The normalized spacial score (nSPS) is 15.1. The Hall–Kier alpha value is -2.56. The van der Waals surface area contributed by atoms with E-state index in [2.05, 4.69) is 5.32 Å². The summed E-state index contributed by atoms with van der Waals surface area (Å²) < 4.78 is 9.99. The van der Waals surface area contributed by atoms with Crippen molar-refractivity contribution in [1.82, 2.24) is 0 Å². The zero-order valence-corrected chi connectivity index (χ0v) is 11.5. The molecule has 5 nitrogen and oxygen atoms in total. The van der Waals surface area contributed by atoms with Crippen LogP contribution in [0.1, 0.15) is 6.92 Å². The van der Waals surface area contributed by atoms with Crippen LogP contribution in [-0.4, -0.2) is 25.8 Å². The van der Waals surface area contributed by atoms with Crippen LogP contribution in [-0.2, 0) is 14.3 Å². The maximum Gasteiger partial charge on any atom is 0.222 e. The largest absolute Gasteiger partial charge is 0.497 e. The highest BCUT2D eigenvalue weighted by Gasteiger charge is 2.26. The molecule has 5 heteroatoms. The highest BCUT2D eigenvalue weighted by atomic mass is 16.5. The number of allylic oxidation sites excluding steroid dienone is 2. The zero-order valence-electron chi connectivity index (χ0n) is 11.5. The molecule has 104 valence electrons. The lowest BCUT2D eigenvalue weighted by Crippen LogP contribution is -2.23. The second-order valence-corrected chi connectivity index (χ2v) is 4.26. The van der Waals surface area contributed by atoms with Crippen molar-refractivity contribution in [3.8, 4) is 5.75 Å². The first-order valence-corrected chi connectivity index (χ1v) is 6.03. The second kappa shape index (κ2) is 5.61. The summed E-state index contributed by atoms with van der Waals surface area (Å²) in [5.74, 6) is 0.237. The molecule has 0 saturated carbocycles. The summed E-state index contributed by atoms with van der Waals surface area (Å²) in [6.07, 6.45) is 1.25. The van der Waals surface area contributed by atoms with Gasteiger partial charge in [0.1, 0.15) is 5.75 Å². The molecule has 20 heavy (non-hydrogen) atoms. The number of methoxy groups -OCH3 is 2. The van der Waals surface area contributed by atoms with Crippen LogP contribution in [0, 0.1) is 0 Å². The molecule has 0 spiro atoms. The number of carbonyl (C=O) groups excluding carboxylic acids is 2. The maximum absolute atomic E-state index is 12.1. The predicted octanol–water partition coefficient (Wildman–Crippen LogP) is 2.06. The van der Waals surface area contributed by atoms with Crippen molar-refractivity contribution in [3.05, 3.63) is 47.4 Å². The van der Waals surface area contributed by atoms with Crippen molar-refractivity contribution in [2.24, 2.45) is 0 Å². The van der Waals surface area contributed by atoms with Crippen LogP contribution in [0.3, 0.4) is 0 Å². The van der Waals surface area contributed by atoms with Crippen LogP contribution in [0.4, 0.5) is 5.69 Å². The number of ether oxygens (including phenoxy) is 2. The van der Waals surface area contributed by atoms with Gasteiger partial charge in [0.05, 0.1) is 19.9 Å². The third-order valence-electron chi connectivity index (χ3n) is 3.00. The Labute approximate surface area is 116 Å². The molecule has 1 aliphatic rings. The molecule has 0 saturated heterocycles. The summed E-state index contributed by atoms with van der Waals surface area (Å²) in [6.45, 7) is 1.57. The second-order valence-electron chi connectivity index (χ2n) is 4.26. The smallest absolute Gasteiger partial charge is 0.222 e. The number of carbonyl (C=O) groups is 2. The summed E-state index contributed by atoms with van der Waals surface area (Å²) in [7, 11) is 2.95. The minimum atomic E-state index is -0.319. The molecular formula is C15H15NO4. The first-order chi connectivity index (χ1) is 9.56. The SMILES string of the molecule is COC1=C(C)C(=O)C(Nc2ccc(OC)cc2)=CC1=O. The first kappa shape index (κ1) is 13.9. The average molecular weight is 273 g/mol. The van der Waals surface area contributed by atoms with Crippen molar-refractivity contribution >= 4 is 17.3 Å². The fourth-order valence-corrected chi connectivity index (χ4v) is 1.93. The molecule has 0 unspecified atom stereocenters. The summed E-state index contributed by atoms with van der Waals surface area (Å²) in [4.78, 5) is 23.9. The van der Waals surface area contributed by atoms with E-state index in [-0.39, 0.29) is 23.0 Å². The first-order valence-electron chi connectivity index (χ1n) is 6.03. The molecule has 1 N–H and O–H groups in total. The number of benzene rings is 1. The minimum Gasteiger partial charge on any atom is -0.497 e. The highest BCUT2D eigenvalue weighted by molar-refractivity contribution is 6.22. The van der Waals surface area contributed by atoms with Crippen molar-refractivity contribution in [2.45, 2.75) is 6.92 Å². The van der Waals surface area contributed by atoms with E-state index in [0.717, 1.165) is 0 Å². The Morgan fingerprint density at radius 2 is 1.65 bits per heavy atom. The molecule has 0 fully saturated rings. The van der Waals surface area contributed by atoms with Gasteiger partial charge in [0.15, 0.2) is 5.76 Å². The topological polar surface area (TPSA) is 64.6 Å². The summed E-state index contributed by atoms with van der Waals surface area (Å²) >= 11 is 0. The van der Waals surface area contributed by atoms with Crippen LogP contribution >= 0.6 is 0 Å². The van der Waals surface area contributed by atoms with E-state index in [1.54, 1.807) is 38.3 Å². The lowest BCUT2D eigenvalue weighted by Gasteiger charge is -2.17. The lowest BCUT2D eigenvalue weighted by molar-refractivity contribution is -0.117. The molecule has 0 amide bonds. The fraction of sp³-hybridized carbons (Fsp3) is 0.200. The van der Waals surface area contributed by atoms with Crippen LogP contribution in [0.15, 0.2) is 47.4 Å². The van der Waals surface area contributed by atoms with Gasteiger partial charge < -0.3 is 14.8 Å². The zero-order chi connectivity index (χ0) is 14.7. The predicted molar refractivity (Wildman–Crippen MR) is 74.4 cm³/mol. The Kier molecular flexibility index (Phi) is 3.89. The average Bonchev–Trinajstić information content (AvgIpc) is 2.46. The van der Waals surface area contributed by atoms with Crippen LogP contribution < -0.4 is 10.1 Å². The minimum absolute atomic E-state index is 0.0929. The van der Waals surface area contributed by atoms with Gasteiger partial charge in [0.25, 0.3) is 0 Å². The number of hydrogen-bond donors (Lipinski definition) is 1. The number of nitrogens with one attached hydrogen (secondary N) is 1. The van der Waals surface area contributed by atoms with Gasteiger partial charge in [-0.1, -0.05) is 0 Å². The lowest BCUT2D eigenvalue weighted by atomic mass is 10.00. The number of anilines is 1. The summed E-state index contributed by atoms with van der Waals surface area (Å²) in [5, 5.41) is 2.93. The van der Waals surface area contributed by atoms with Crippen LogP contribution in [0.5, 0.6) is 5.75 Å². The Morgan fingerprint density at radius 3 is 2.20 bits per heavy atom. The van der Waals surface area contributed by atoms with Crippen molar-refractivity contribution in [2.75, 3.05) is 19.5 Å². The van der Waals surface area contributed by atoms with Gasteiger partial charge in [0, 0.05) is 17.3 Å². The molecule has 2 rings (SSSR count). The molecule has 1 aliphatic carbocycles. The molecular weight excluding hydrogens is 258 g/mol. The summed E-state index contributed by atoms with van der Waals surface area (Å²) in [5.41, 5.74) is 1.24. The number of rotatable bonds is 4. The van der Waals surface area contributed by atoms with Gasteiger partial charge in [-0.05, 0) is 31.2 Å². The Balaban J connectivity index is 2.22. The quantitative estimate of drug-likeness (QED) is 0.851. The van der Waals surface area contributed by atoms with E-state index < -0.39 is 0 Å². The molecule has 1 aromatic carbocycles. The van der Waals surface area contributed by atoms with Crippen molar-refractivity contribution < 1.29 is 19.1 Å².